The lowest BCUT2D eigenvalue weighted by molar-refractivity contribution is 0.0854. The number of aryl methyl sites for hydroxylation is 2. The van der Waals surface area contributed by atoms with Crippen LogP contribution in [-0.4, -0.2) is 31.3 Å². The maximum Gasteiger partial charge on any atom is 0.271 e. The van der Waals surface area contributed by atoms with E-state index < -0.39 is 22.0 Å². The summed E-state index contributed by atoms with van der Waals surface area (Å²) in [5, 5.41) is 0. The number of carbonyl (C=O) groups excluding carboxylic acids is 1. The predicted molar refractivity (Wildman–Crippen MR) is 95.2 cm³/mol. The zero-order chi connectivity index (χ0) is 18.2. The lowest BCUT2D eigenvalue weighted by Gasteiger charge is -2.22. The van der Waals surface area contributed by atoms with Crippen LogP contribution in [0.3, 0.4) is 0 Å². The first-order valence-electron chi connectivity index (χ1n) is 7.87. The Morgan fingerprint density at radius 2 is 1.84 bits per heavy atom. The molecule has 0 fully saturated rings. The van der Waals surface area contributed by atoms with Crippen molar-refractivity contribution in [2.75, 3.05) is 6.54 Å². The van der Waals surface area contributed by atoms with Gasteiger partial charge in [-0.3, -0.25) is 4.79 Å². The van der Waals surface area contributed by atoms with Crippen molar-refractivity contribution in [2.45, 2.75) is 24.8 Å². The summed E-state index contributed by atoms with van der Waals surface area (Å²) in [5.41, 5.74) is 1.95. The lowest BCUT2D eigenvalue weighted by Crippen LogP contribution is -2.40. The molecule has 3 rings (SSSR count). The SMILES string of the molecule is C=C[C@@H]1CN(S(=O)(=O)c2ccc(C)cc2)C(=O)c2cccc(C)c2O1. The summed E-state index contributed by atoms with van der Waals surface area (Å²) >= 11 is 0. The Bertz CT molecular complexity index is 932. The molecule has 130 valence electrons. The number of amides is 1. The van der Waals surface area contributed by atoms with E-state index in [1.165, 1.54) is 18.2 Å². The summed E-state index contributed by atoms with van der Waals surface area (Å²) in [4.78, 5) is 13.0. The van der Waals surface area contributed by atoms with E-state index in [1.807, 2.05) is 19.9 Å². The number of benzene rings is 2. The number of hydrogen-bond acceptors (Lipinski definition) is 4. The van der Waals surface area contributed by atoms with Gasteiger partial charge in [-0.1, -0.05) is 36.4 Å². The van der Waals surface area contributed by atoms with E-state index in [9.17, 15) is 13.2 Å². The van der Waals surface area contributed by atoms with Gasteiger partial charge in [0.25, 0.3) is 15.9 Å². The zero-order valence-electron chi connectivity index (χ0n) is 14.1. The van der Waals surface area contributed by atoms with Gasteiger partial charge >= 0.3 is 0 Å². The molecule has 1 amide bonds. The van der Waals surface area contributed by atoms with E-state index in [4.69, 9.17) is 4.74 Å². The molecule has 0 aliphatic carbocycles. The van der Waals surface area contributed by atoms with Crippen molar-refractivity contribution in [2.24, 2.45) is 0 Å². The lowest BCUT2D eigenvalue weighted by atomic mass is 10.1. The van der Waals surface area contributed by atoms with E-state index >= 15 is 0 Å². The third-order valence-corrected chi connectivity index (χ3v) is 5.92. The van der Waals surface area contributed by atoms with Crippen molar-refractivity contribution in [3.63, 3.8) is 0 Å². The maximum absolute atomic E-state index is 13.0. The van der Waals surface area contributed by atoms with Gasteiger partial charge in [0.1, 0.15) is 11.9 Å². The van der Waals surface area contributed by atoms with E-state index in [0.29, 0.717) is 5.75 Å². The molecule has 0 N–H and O–H groups in total. The number of para-hydroxylation sites is 1. The average molecular weight is 357 g/mol. The van der Waals surface area contributed by atoms with Gasteiger partial charge in [0.05, 0.1) is 17.0 Å². The second kappa shape index (κ2) is 6.37. The first-order chi connectivity index (χ1) is 11.8. The molecule has 0 unspecified atom stereocenters. The van der Waals surface area contributed by atoms with Crippen molar-refractivity contribution >= 4 is 15.9 Å². The van der Waals surface area contributed by atoms with Crippen LogP contribution in [-0.2, 0) is 10.0 Å². The largest absolute Gasteiger partial charge is 0.483 e. The van der Waals surface area contributed by atoms with Gasteiger partial charge in [-0.15, -0.1) is 0 Å². The fourth-order valence-corrected chi connectivity index (χ4v) is 4.11. The Balaban J connectivity index is 2.13. The fraction of sp³-hybridized carbons (Fsp3) is 0.211. The minimum atomic E-state index is -3.99. The van der Waals surface area contributed by atoms with Crippen molar-refractivity contribution in [1.82, 2.24) is 4.31 Å². The first-order valence-corrected chi connectivity index (χ1v) is 9.31. The predicted octanol–water partition coefficient (Wildman–Crippen LogP) is 3.08. The Labute approximate surface area is 147 Å². The first kappa shape index (κ1) is 17.2. The van der Waals surface area contributed by atoms with Gasteiger partial charge in [0.15, 0.2) is 0 Å². The van der Waals surface area contributed by atoms with Gasteiger partial charge in [-0.2, -0.15) is 0 Å². The molecule has 1 aliphatic heterocycles. The molecule has 0 radical (unpaired) electrons. The molecule has 5 nitrogen and oxygen atoms in total. The summed E-state index contributed by atoms with van der Waals surface area (Å²) < 4.78 is 32.8. The summed E-state index contributed by atoms with van der Waals surface area (Å²) in [6, 6.07) is 11.5. The van der Waals surface area contributed by atoms with Crippen LogP contribution in [0.2, 0.25) is 0 Å². The zero-order valence-corrected chi connectivity index (χ0v) is 14.9. The number of hydrogen-bond donors (Lipinski definition) is 0. The van der Waals surface area contributed by atoms with Crippen molar-refractivity contribution < 1.29 is 17.9 Å². The molecule has 2 aromatic carbocycles. The van der Waals surface area contributed by atoms with Gasteiger partial charge in [0, 0.05) is 0 Å². The maximum atomic E-state index is 13.0. The highest BCUT2D eigenvalue weighted by atomic mass is 32.2. The number of nitrogens with zero attached hydrogens (tertiary/aromatic N) is 1. The number of sulfonamides is 1. The molecule has 0 saturated heterocycles. The van der Waals surface area contributed by atoms with Crippen LogP contribution < -0.4 is 4.74 Å². The average Bonchev–Trinajstić information content (AvgIpc) is 2.74. The van der Waals surface area contributed by atoms with Crippen LogP contribution in [0.15, 0.2) is 60.0 Å². The van der Waals surface area contributed by atoms with Crippen molar-refractivity contribution in [1.29, 1.82) is 0 Å². The monoisotopic (exact) mass is 357 g/mol. The molecule has 1 heterocycles. The molecule has 0 aromatic heterocycles. The van der Waals surface area contributed by atoms with Crippen LogP contribution in [0.25, 0.3) is 0 Å². The van der Waals surface area contributed by atoms with E-state index in [-0.39, 0.29) is 17.0 Å². The van der Waals surface area contributed by atoms with Gasteiger partial charge in [-0.05, 0) is 43.7 Å². The molecule has 25 heavy (non-hydrogen) atoms. The molecule has 2 aromatic rings. The third kappa shape index (κ3) is 3.05. The fourth-order valence-electron chi connectivity index (χ4n) is 2.71. The second-order valence-electron chi connectivity index (χ2n) is 6.00. The Kier molecular flexibility index (Phi) is 4.39. The number of carbonyl (C=O) groups is 1. The summed E-state index contributed by atoms with van der Waals surface area (Å²) in [7, 11) is -3.99. The summed E-state index contributed by atoms with van der Waals surface area (Å²) in [6.07, 6.45) is 0.887. The molecule has 1 aliphatic rings. The molecule has 0 saturated carbocycles. The van der Waals surface area contributed by atoms with Crippen molar-refractivity contribution in [3.8, 4) is 5.75 Å². The smallest absolute Gasteiger partial charge is 0.271 e. The number of rotatable bonds is 3. The third-order valence-electron chi connectivity index (χ3n) is 4.16. The number of fused-ring (bicyclic) bond motifs is 1. The number of ether oxygens (including phenoxy) is 1. The highest BCUT2D eigenvalue weighted by Crippen LogP contribution is 2.31. The highest BCUT2D eigenvalue weighted by Gasteiger charge is 2.36. The second-order valence-corrected chi connectivity index (χ2v) is 7.86. The Morgan fingerprint density at radius 1 is 1.16 bits per heavy atom. The molecule has 0 spiro atoms. The van der Waals surface area contributed by atoms with Gasteiger partial charge < -0.3 is 4.74 Å². The quantitative estimate of drug-likeness (QED) is 0.792. The van der Waals surface area contributed by atoms with E-state index in [0.717, 1.165) is 15.4 Å². The molecule has 6 heteroatoms. The minimum absolute atomic E-state index is 0.0744. The Hall–Kier alpha value is -2.60. The van der Waals surface area contributed by atoms with Crippen molar-refractivity contribution in [3.05, 3.63) is 71.8 Å². The van der Waals surface area contributed by atoms with Crippen LogP contribution in [0.5, 0.6) is 5.75 Å². The van der Waals surface area contributed by atoms with Crippen LogP contribution in [0.1, 0.15) is 21.5 Å². The standard InChI is InChI=1S/C19H19NO4S/c1-4-15-12-20(25(22,23)16-10-8-13(2)9-11-16)19(21)17-7-5-6-14(3)18(17)24-15/h4-11,15H,1,12H2,2-3H3/t15-/m1/s1. The molecular weight excluding hydrogens is 338 g/mol. The normalized spacial score (nSPS) is 17.4. The molecular formula is C19H19NO4S. The van der Waals surface area contributed by atoms with Crippen LogP contribution >= 0.6 is 0 Å². The Morgan fingerprint density at radius 3 is 2.48 bits per heavy atom. The van der Waals surface area contributed by atoms with Gasteiger partial charge in [0.2, 0.25) is 0 Å². The molecule has 1 atom stereocenters. The van der Waals surface area contributed by atoms with Gasteiger partial charge in [-0.25, -0.2) is 12.7 Å². The van der Waals surface area contributed by atoms with Crippen LogP contribution in [0.4, 0.5) is 0 Å². The summed E-state index contributed by atoms with van der Waals surface area (Å²) in [6.45, 7) is 7.26. The molecule has 0 bridgehead atoms. The van der Waals surface area contributed by atoms with Crippen LogP contribution in [0, 0.1) is 13.8 Å². The van der Waals surface area contributed by atoms with E-state index in [2.05, 4.69) is 6.58 Å². The summed E-state index contributed by atoms with van der Waals surface area (Å²) in [5.74, 6) is -0.192. The topological polar surface area (TPSA) is 63.7 Å². The van der Waals surface area contributed by atoms with E-state index in [1.54, 1.807) is 24.3 Å². The minimum Gasteiger partial charge on any atom is -0.483 e. The highest BCUT2D eigenvalue weighted by molar-refractivity contribution is 7.89.